The van der Waals surface area contributed by atoms with E-state index >= 15 is 0 Å². The zero-order valence-corrected chi connectivity index (χ0v) is 9.72. The molecule has 19 heavy (non-hydrogen) atoms. The highest BCUT2D eigenvalue weighted by molar-refractivity contribution is 5.75. The molecule has 0 saturated carbocycles. The maximum absolute atomic E-state index is 12.8. The first-order chi connectivity index (χ1) is 8.79. The molecule has 0 saturated heterocycles. The number of ether oxygens (including phenoxy) is 1. The highest BCUT2D eigenvalue weighted by Crippen LogP contribution is 2.39. The van der Waals surface area contributed by atoms with Gasteiger partial charge in [-0.3, -0.25) is 10.1 Å². The van der Waals surface area contributed by atoms with Gasteiger partial charge in [0.05, 0.1) is 4.92 Å². The van der Waals surface area contributed by atoms with Gasteiger partial charge in [-0.1, -0.05) is 0 Å². The van der Waals surface area contributed by atoms with Crippen LogP contribution in [0.3, 0.4) is 0 Å². The van der Waals surface area contributed by atoms with Gasteiger partial charge >= 0.3 is 6.18 Å². The Morgan fingerprint density at radius 1 is 1.32 bits per heavy atom. The summed E-state index contributed by atoms with van der Waals surface area (Å²) in [7, 11) is 0. The average Bonchev–Trinajstić information content (AvgIpc) is 2.71. The first-order valence-electron chi connectivity index (χ1n) is 5.31. The number of non-ortho nitro benzene ring substituents is 1. The van der Waals surface area contributed by atoms with Crippen LogP contribution in [0, 0.1) is 10.1 Å². The molecule has 5 nitrogen and oxygen atoms in total. The Morgan fingerprint density at radius 2 is 1.89 bits per heavy atom. The molecule has 0 N–H and O–H groups in total. The predicted molar refractivity (Wildman–Crippen MR) is 59.9 cm³/mol. The molecule has 1 aliphatic heterocycles. The lowest BCUT2D eigenvalue weighted by Crippen LogP contribution is -2.31. The first-order valence-corrected chi connectivity index (χ1v) is 5.31. The van der Waals surface area contributed by atoms with E-state index in [0.29, 0.717) is 0 Å². The molecule has 0 spiro atoms. The number of aliphatic imine (C=N–C) groups is 1. The molecule has 1 aromatic carbocycles. The van der Waals surface area contributed by atoms with E-state index in [2.05, 4.69) is 4.99 Å². The van der Waals surface area contributed by atoms with Crippen LogP contribution in [0.5, 0.6) is 0 Å². The molecule has 1 aliphatic rings. The molecule has 0 fully saturated rings. The highest BCUT2D eigenvalue weighted by atomic mass is 19.4. The molecule has 2 atom stereocenters. The van der Waals surface area contributed by atoms with Crippen LogP contribution in [0.2, 0.25) is 0 Å². The van der Waals surface area contributed by atoms with Crippen molar-refractivity contribution in [2.75, 3.05) is 0 Å². The smallest absolute Gasteiger partial charge is 0.414 e. The molecular formula is C11H9F3N2O3. The number of hydrogen-bond donors (Lipinski definition) is 0. The lowest BCUT2D eigenvalue weighted by molar-refractivity contribution is -0.384. The van der Waals surface area contributed by atoms with Crippen LogP contribution in [0.15, 0.2) is 29.3 Å². The zero-order valence-electron chi connectivity index (χ0n) is 9.72. The van der Waals surface area contributed by atoms with Crippen LogP contribution in [0.4, 0.5) is 18.9 Å². The zero-order chi connectivity index (χ0) is 14.2. The topological polar surface area (TPSA) is 64.7 Å². The van der Waals surface area contributed by atoms with Crippen molar-refractivity contribution in [3.8, 4) is 0 Å². The van der Waals surface area contributed by atoms with E-state index in [1.807, 2.05) is 0 Å². The maximum atomic E-state index is 12.8. The second-order valence-electron chi connectivity index (χ2n) is 4.02. The summed E-state index contributed by atoms with van der Waals surface area (Å²) in [6, 6.07) is 2.79. The number of nitro benzene ring substituents is 1. The lowest BCUT2D eigenvalue weighted by atomic mass is 10.0. The van der Waals surface area contributed by atoms with Gasteiger partial charge in [0.15, 0.2) is 18.0 Å². The number of benzene rings is 1. The summed E-state index contributed by atoms with van der Waals surface area (Å²) in [5, 5.41) is 10.5. The molecule has 2 rings (SSSR count). The Bertz CT molecular complexity index is 525. The maximum Gasteiger partial charge on any atom is 0.414 e. The summed E-state index contributed by atoms with van der Waals surface area (Å²) >= 11 is 0. The summed E-state index contributed by atoms with van der Waals surface area (Å²) in [6.07, 6.45) is -5.81. The molecule has 0 aliphatic carbocycles. The van der Waals surface area contributed by atoms with Gasteiger partial charge in [0.2, 0.25) is 0 Å². The fourth-order valence-electron chi connectivity index (χ4n) is 1.82. The van der Waals surface area contributed by atoms with Crippen LogP contribution in [-0.4, -0.2) is 23.0 Å². The second-order valence-corrected chi connectivity index (χ2v) is 4.02. The molecule has 0 radical (unpaired) electrons. The Hall–Kier alpha value is -2.12. The fraction of sp³-hybridized carbons (Fsp3) is 0.364. The second kappa shape index (κ2) is 4.52. The van der Waals surface area contributed by atoms with Gasteiger partial charge in [-0.15, -0.1) is 0 Å². The summed E-state index contributed by atoms with van der Waals surface area (Å²) < 4.78 is 43.4. The third-order valence-corrected chi connectivity index (χ3v) is 2.67. The SMILES string of the molecule is CC1=N[C@@H](C(F)(F)F)[C@H](c2ccc([N+](=O)[O-])cc2)O1. The summed E-state index contributed by atoms with van der Waals surface area (Å²) in [4.78, 5) is 13.3. The Kier molecular flexibility index (Phi) is 3.17. The minimum absolute atomic E-state index is 0.0503. The van der Waals surface area contributed by atoms with Crippen molar-refractivity contribution in [3.05, 3.63) is 39.9 Å². The number of halogens is 3. The van der Waals surface area contributed by atoms with Crippen LogP contribution < -0.4 is 0 Å². The normalized spacial score (nSPS) is 22.8. The summed E-state index contributed by atoms with van der Waals surface area (Å²) in [5.74, 6) is -0.0503. The van der Waals surface area contributed by atoms with Gasteiger partial charge in [-0.2, -0.15) is 13.2 Å². The molecular weight excluding hydrogens is 265 g/mol. The van der Waals surface area contributed by atoms with E-state index in [-0.39, 0.29) is 17.1 Å². The van der Waals surface area contributed by atoms with E-state index in [1.54, 1.807) is 0 Å². The van der Waals surface area contributed by atoms with Crippen molar-refractivity contribution < 1.29 is 22.8 Å². The third-order valence-electron chi connectivity index (χ3n) is 2.67. The largest absolute Gasteiger partial charge is 0.471 e. The molecule has 102 valence electrons. The van der Waals surface area contributed by atoms with Gasteiger partial charge in [0.1, 0.15) is 0 Å². The predicted octanol–water partition coefficient (Wildman–Crippen LogP) is 3.02. The molecule has 1 heterocycles. The quantitative estimate of drug-likeness (QED) is 0.615. The van der Waals surface area contributed by atoms with Crippen LogP contribution in [-0.2, 0) is 4.74 Å². The molecule has 0 bridgehead atoms. The summed E-state index contributed by atoms with van der Waals surface area (Å²) in [6.45, 7) is 1.34. The van der Waals surface area contributed by atoms with E-state index in [4.69, 9.17) is 4.74 Å². The molecule has 1 aromatic rings. The number of hydrogen-bond acceptors (Lipinski definition) is 4. The van der Waals surface area contributed by atoms with Crippen LogP contribution in [0.1, 0.15) is 18.6 Å². The third kappa shape index (κ3) is 2.67. The van der Waals surface area contributed by atoms with Gasteiger partial charge in [-0.05, 0) is 17.7 Å². The Morgan fingerprint density at radius 3 is 2.37 bits per heavy atom. The van der Waals surface area contributed by atoms with Crippen molar-refractivity contribution in [3.63, 3.8) is 0 Å². The Balaban J connectivity index is 2.29. The lowest BCUT2D eigenvalue weighted by Gasteiger charge is -2.19. The van der Waals surface area contributed by atoms with Gasteiger partial charge in [0.25, 0.3) is 5.69 Å². The number of nitrogens with zero attached hydrogens (tertiary/aromatic N) is 2. The van der Waals surface area contributed by atoms with Crippen molar-refractivity contribution in [2.24, 2.45) is 4.99 Å². The molecule has 0 amide bonds. The van der Waals surface area contributed by atoms with Gasteiger partial charge in [-0.25, -0.2) is 4.99 Å². The van der Waals surface area contributed by atoms with Crippen molar-refractivity contribution >= 4 is 11.6 Å². The van der Waals surface area contributed by atoms with Crippen molar-refractivity contribution in [1.29, 1.82) is 0 Å². The van der Waals surface area contributed by atoms with E-state index in [0.717, 1.165) is 12.1 Å². The molecule has 8 heteroatoms. The fourth-order valence-corrected chi connectivity index (χ4v) is 1.82. The Labute approximate surface area is 105 Å². The highest BCUT2D eigenvalue weighted by Gasteiger charge is 2.49. The van der Waals surface area contributed by atoms with E-state index < -0.39 is 23.2 Å². The number of rotatable bonds is 2. The van der Waals surface area contributed by atoms with E-state index in [9.17, 15) is 23.3 Å². The standard InChI is InChI=1S/C11H9F3N2O3/c1-6-15-10(11(12,13)14)9(19-6)7-2-4-8(5-3-7)16(17)18/h2-5,9-10H,1H3/t9-,10+/m0/s1. The van der Waals surface area contributed by atoms with Gasteiger partial charge in [0, 0.05) is 19.1 Å². The monoisotopic (exact) mass is 274 g/mol. The summed E-state index contributed by atoms with van der Waals surface area (Å²) in [5.41, 5.74) is 0.0106. The van der Waals surface area contributed by atoms with Crippen LogP contribution in [0.25, 0.3) is 0 Å². The number of alkyl halides is 3. The van der Waals surface area contributed by atoms with E-state index in [1.165, 1.54) is 19.1 Å². The van der Waals surface area contributed by atoms with Crippen molar-refractivity contribution in [1.82, 2.24) is 0 Å². The molecule has 0 aromatic heterocycles. The minimum Gasteiger partial charge on any atom is -0.471 e. The van der Waals surface area contributed by atoms with Crippen molar-refractivity contribution in [2.45, 2.75) is 25.2 Å². The first kappa shape index (κ1) is 13.3. The van der Waals surface area contributed by atoms with Crippen LogP contribution >= 0.6 is 0 Å². The molecule has 0 unspecified atom stereocenters. The average molecular weight is 274 g/mol. The minimum atomic E-state index is -4.52. The number of nitro groups is 1. The van der Waals surface area contributed by atoms with Gasteiger partial charge < -0.3 is 4.74 Å².